The van der Waals surface area contributed by atoms with Crippen LogP contribution in [0.2, 0.25) is 0 Å². The Balaban J connectivity index is 1.30. The first-order valence-electron chi connectivity index (χ1n) is 9.40. The third-order valence-corrected chi connectivity index (χ3v) is 5.98. The minimum absolute atomic E-state index is 0.0199. The highest BCUT2D eigenvalue weighted by atomic mass is 32.2. The maximum Gasteiger partial charge on any atom is 0.231 e. The zero-order valence-electron chi connectivity index (χ0n) is 15.4. The van der Waals surface area contributed by atoms with Crippen molar-refractivity contribution in [1.29, 1.82) is 0 Å². The molecule has 1 fully saturated rings. The lowest BCUT2D eigenvalue weighted by atomic mass is 9.95. The molecule has 1 saturated carbocycles. The largest absolute Gasteiger partial charge is 0.454 e. The van der Waals surface area contributed by atoms with Crippen molar-refractivity contribution in [3.8, 4) is 11.5 Å². The molecule has 1 amide bonds. The molecule has 0 spiro atoms. The highest BCUT2D eigenvalue weighted by molar-refractivity contribution is 7.99. The number of benzene rings is 1. The Morgan fingerprint density at radius 1 is 1.22 bits per heavy atom. The zero-order valence-corrected chi connectivity index (χ0v) is 16.3. The zero-order chi connectivity index (χ0) is 18.6. The molecule has 1 N–H and O–H groups in total. The molecule has 2 aromatic rings. The lowest BCUT2D eigenvalue weighted by molar-refractivity contribution is -0.118. The van der Waals surface area contributed by atoms with Gasteiger partial charge in [0.25, 0.3) is 0 Å². The van der Waals surface area contributed by atoms with Crippen LogP contribution in [0.5, 0.6) is 11.5 Å². The van der Waals surface area contributed by atoms with Gasteiger partial charge in [0.15, 0.2) is 16.7 Å². The molecule has 0 saturated heterocycles. The molecule has 27 heavy (non-hydrogen) atoms. The number of amides is 1. The van der Waals surface area contributed by atoms with Crippen LogP contribution in [-0.2, 0) is 11.3 Å². The molecule has 1 aliphatic heterocycles. The molecular formula is C19H24N4O3S. The summed E-state index contributed by atoms with van der Waals surface area (Å²) in [4.78, 5) is 12.3. The first kappa shape index (κ1) is 18.2. The van der Waals surface area contributed by atoms with E-state index in [4.69, 9.17) is 9.47 Å². The first-order valence-corrected chi connectivity index (χ1v) is 10.4. The fourth-order valence-corrected chi connectivity index (χ4v) is 4.52. The molecule has 0 atom stereocenters. The quantitative estimate of drug-likeness (QED) is 0.766. The van der Waals surface area contributed by atoms with Crippen molar-refractivity contribution in [1.82, 2.24) is 20.1 Å². The number of aromatic nitrogens is 3. The molecule has 7 nitrogen and oxygen atoms in total. The van der Waals surface area contributed by atoms with E-state index in [-0.39, 0.29) is 12.7 Å². The second kappa shape index (κ2) is 8.21. The van der Waals surface area contributed by atoms with Gasteiger partial charge in [0, 0.05) is 12.6 Å². The Bertz CT molecular complexity index is 817. The lowest BCUT2D eigenvalue weighted by Gasteiger charge is -2.24. The fraction of sp³-hybridized carbons (Fsp3) is 0.526. The highest BCUT2D eigenvalue weighted by Gasteiger charge is 2.21. The number of hydrogen-bond donors (Lipinski definition) is 1. The van der Waals surface area contributed by atoms with Crippen LogP contribution in [0.15, 0.2) is 23.4 Å². The van der Waals surface area contributed by atoms with Gasteiger partial charge in [-0.05, 0) is 37.5 Å². The molecule has 0 bridgehead atoms. The molecule has 1 aromatic heterocycles. The van der Waals surface area contributed by atoms with Crippen LogP contribution < -0.4 is 14.8 Å². The summed E-state index contributed by atoms with van der Waals surface area (Å²) in [7, 11) is 0. The first-order chi connectivity index (χ1) is 13.2. The molecule has 2 heterocycles. The normalized spacial score (nSPS) is 16.5. The van der Waals surface area contributed by atoms with E-state index in [1.165, 1.54) is 43.9 Å². The predicted molar refractivity (Wildman–Crippen MR) is 102 cm³/mol. The van der Waals surface area contributed by atoms with Gasteiger partial charge in [-0.3, -0.25) is 4.79 Å². The van der Waals surface area contributed by atoms with E-state index in [2.05, 4.69) is 20.1 Å². The Kier molecular flexibility index (Phi) is 5.52. The van der Waals surface area contributed by atoms with E-state index in [1.807, 2.05) is 25.1 Å². The van der Waals surface area contributed by atoms with Crippen LogP contribution in [-0.4, -0.2) is 33.2 Å². The van der Waals surface area contributed by atoms with Crippen LogP contribution in [0.3, 0.4) is 0 Å². The summed E-state index contributed by atoms with van der Waals surface area (Å²) < 4.78 is 12.9. The summed E-state index contributed by atoms with van der Waals surface area (Å²) in [6.07, 6.45) is 6.15. The summed E-state index contributed by atoms with van der Waals surface area (Å²) >= 11 is 1.46. The summed E-state index contributed by atoms with van der Waals surface area (Å²) in [6.45, 7) is 2.71. The van der Waals surface area contributed by atoms with Crippen molar-refractivity contribution < 1.29 is 14.3 Å². The van der Waals surface area contributed by atoms with Gasteiger partial charge < -0.3 is 19.4 Å². The Labute approximate surface area is 162 Å². The minimum Gasteiger partial charge on any atom is -0.454 e. The number of carbonyl (C=O) groups excluding carboxylic acids is 1. The summed E-state index contributed by atoms with van der Waals surface area (Å²) in [5, 5.41) is 12.3. The Morgan fingerprint density at radius 2 is 2.04 bits per heavy atom. The molecule has 2 aliphatic rings. The SMILES string of the molecule is Cc1nnc(SCC(=O)NCc2ccc3c(c2)OCO3)n1C1CCCCC1. The van der Waals surface area contributed by atoms with Crippen LogP contribution >= 0.6 is 11.8 Å². The van der Waals surface area contributed by atoms with E-state index in [9.17, 15) is 4.79 Å². The number of nitrogens with one attached hydrogen (secondary N) is 1. The third-order valence-electron chi connectivity index (χ3n) is 5.03. The second-order valence-corrected chi connectivity index (χ2v) is 7.89. The van der Waals surface area contributed by atoms with Crippen molar-refractivity contribution in [3.05, 3.63) is 29.6 Å². The third kappa shape index (κ3) is 4.21. The Hall–Kier alpha value is -2.22. The molecule has 8 heteroatoms. The number of carbonyl (C=O) groups is 1. The van der Waals surface area contributed by atoms with Crippen molar-refractivity contribution in [3.63, 3.8) is 0 Å². The van der Waals surface area contributed by atoms with Gasteiger partial charge in [0.2, 0.25) is 12.7 Å². The monoisotopic (exact) mass is 388 g/mol. The predicted octanol–water partition coefficient (Wildman–Crippen LogP) is 3.23. The average molecular weight is 388 g/mol. The lowest BCUT2D eigenvalue weighted by Crippen LogP contribution is -2.25. The molecule has 0 radical (unpaired) electrons. The van der Waals surface area contributed by atoms with E-state index in [0.29, 0.717) is 18.3 Å². The topological polar surface area (TPSA) is 78.3 Å². The number of rotatable bonds is 6. The van der Waals surface area contributed by atoms with E-state index < -0.39 is 0 Å². The van der Waals surface area contributed by atoms with Crippen molar-refractivity contribution >= 4 is 17.7 Å². The molecule has 144 valence electrons. The van der Waals surface area contributed by atoms with Crippen molar-refractivity contribution in [2.75, 3.05) is 12.5 Å². The molecule has 1 aliphatic carbocycles. The smallest absolute Gasteiger partial charge is 0.231 e. The summed E-state index contributed by atoms with van der Waals surface area (Å²) in [6, 6.07) is 6.17. The Morgan fingerprint density at radius 3 is 2.89 bits per heavy atom. The minimum atomic E-state index is -0.0199. The maximum absolute atomic E-state index is 12.3. The van der Waals surface area contributed by atoms with Crippen LogP contribution in [0, 0.1) is 6.92 Å². The molecule has 4 rings (SSSR count). The molecule has 0 unspecified atom stereocenters. The number of ether oxygens (including phenoxy) is 2. The number of nitrogens with zero attached hydrogens (tertiary/aromatic N) is 3. The molecule has 1 aromatic carbocycles. The van der Waals surface area contributed by atoms with Gasteiger partial charge >= 0.3 is 0 Å². The van der Waals surface area contributed by atoms with Crippen LogP contribution in [0.1, 0.15) is 49.5 Å². The number of hydrogen-bond acceptors (Lipinski definition) is 6. The van der Waals surface area contributed by atoms with Crippen molar-refractivity contribution in [2.45, 2.75) is 56.8 Å². The van der Waals surface area contributed by atoms with Crippen molar-refractivity contribution in [2.24, 2.45) is 0 Å². The van der Waals surface area contributed by atoms with E-state index >= 15 is 0 Å². The standard InChI is InChI=1S/C19H24N4O3S/c1-13-21-22-19(23(13)15-5-3-2-4-6-15)27-11-18(24)20-10-14-7-8-16-17(9-14)26-12-25-16/h7-9,15H,2-6,10-12H2,1H3,(H,20,24). The van der Waals surface area contributed by atoms with Gasteiger partial charge in [-0.1, -0.05) is 37.1 Å². The van der Waals surface area contributed by atoms with Gasteiger partial charge in [-0.2, -0.15) is 0 Å². The van der Waals surface area contributed by atoms with Gasteiger partial charge in [-0.25, -0.2) is 0 Å². The maximum atomic E-state index is 12.3. The number of fused-ring (bicyclic) bond motifs is 1. The average Bonchev–Trinajstić information content (AvgIpc) is 3.31. The second-order valence-electron chi connectivity index (χ2n) is 6.94. The van der Waals surface area contributed by atoms with Gasteiger partial charge in [0.1, 0.15) is 5.82 Å². The summed E-state index contributed by atoms with van der Waals surface area (Å²) in [5.41, 5.74) is 0.985. The molecular weight excluding hydrogens is 364 g/mol. The van der Waals surface area contributed by atoms with Crippen LogP contribution in [0.25, 0.3) is 0 Å². The van der Waals surface area contributed by atoms with E-state index in [1.54, 1.807) is 0 Å². The number of thioether (sulfide) groups is 1. The van der Waals surface area contributed by atoms with Gasteiger partial charge in [0.05, 0.1) is 5.75 Å². The fourth-order valence-electron chi connectivity index (χ4n) is 3.64. The highest BCUT2D eigenvalue weighted by Crippen LogP contribution is 2.33. The summed E-state index contributed by atoms with van der Waals surface area (Å²) in [5.74, 6) is 2.72. The van der Waals surface area contributed by atoms with E-state index in [0.717, 1.165) is 28.0 Å². The van der Waals surface area contributed by atoms with Gasteiger partial charge in [-0.15, -0.1) is 10.2 Å². The number of aryl methyl sites for hydroxylation is 1. The van der Waals surface area contributed by atoms with Crippen LogP contribution in [0.4, 0.5) is 0 Å².